The largest absolute Gasteiger partial charge is 0.493 e. The van der Waals surface area contributed by atoms with E-state index >= 15 is 0 Å². The molecule has 0 amide bonds. The first-order valence-electron chi connectivity index (χ1n) is 8.24. The predicted molar refractivity (Wildman–Crippen MR) is 104 cm³/mol. The van der Waals surface area contributed by atoms with Crippen molar-refractivity contribution in [3.05, 3.63) is 51.6 Å². The summed E-state index contributed by atoms with van der Waals surface area (Å²) < 4.78 is 21.9. The summed E-state index contributed by atoms with van der Waals surface area (Å²) in [6, 6.07) is 9.50. The Labute approximate surface area is 165 Å². The lowest BCUT2D eigenvalue weighted by atomic mass is 10.1. The zero-order valence-electron chi connectivity index (χ0n) is 15.3. The fourth-order valence-corrected chi connectivity index (χ4v) is 2.82. The van der Waals surface area contributed by atoms with Gasteiger partial charge in [-0.3, -0.25) is 4.79 Å². The Morgan fingerprint density at radius 3 is 2.46 bits per heavy atom. The number of rotatable bonds is 6. The first kappa shape index (κ1) is 19.6. The van der Waals surface area contributed by atoms with Crippen molar-refractivity contribution in [1.82, 2.24) is 0 Å². The molecule has 0 saturated carbocycles. The number of benzene rings is 2. The molecule has 0 fully saturated rings. The molecule has 7 nitrogen and oxygen atoms in total. The topological polar surface area (TPSA) is 95.2 Å². The maximum atomic E-state index is 13.0. The van der Waals surface area contributed by atoms with E-state index in [9.17, 15) is 14.7 Å². The van der Waals surface area contributed by atoms with E-state index in [2.05, 4.69) is 0 Å². The van der Waals surface area contributed by atoms with Crippen LogP contribution in [-0.4, -0.2) is 31.4 Å². The van der Waals surface area contributed by atoms with E-state index in [0.717, 1.165) is 0 Å². The highest BCUT2D eigenvalue weighted by atomic mass is 35.5. The third kappa shape index (κ3) is 3.61. The van der Waals surface area contributed by atoms with E-state index in [1.165, 1.54) is 27.2 Å². The monoisotopic (exact) mass is 404 g/mol. The van der Waals surface area contributed by atoms with E-state index in [-0.39, 0.29) is 22.5 Å². The maximum absolute atomic E-state index is 13.0. The molecule has 0 aliphatic heterocycles. The lowest BCUT2D eigenvalue weighted by Gasteiger charge is -2.15. The fourth-order valence-electron chi connectivity index (χ4n) is 2.65. The number of hydrogen-bond donors (Lipinski definition) is 1. The molecule has 0 radical (unpaired) electrons. The van der Waals surface area contributed by atoms with Gasteiger partial charge in [0.2, 0.25) is 11.2 Å². The molecule has 0 aliphatic carbocycles. The van der Waals surface area contributed by atoms with Gasteiger partial charge >= 0.3 is 5.97 Å². The van der Waals surface area contributed by atoms with Gasteiger partial charge in [0.15, 0.2) is 23.4 Å². The lowest BCUT2D eigenvalue weighted by molar-refractivity contribution is -0.144. The molecule has 1 aromatic heterocycles. The molecule has 1 unspecified atom stereocenters. The summed E-state index contributed by atoms with van der Waals surface area (Å²) in [5.41, 5.74) is 0.218. The van der Waals surface area contributed by atoms with E-state index < -0.39 is 17.5 Å². The number of methoxy groups -OCH3 is 2. The van der Waals surface area contributed by atoms with Crippen LogP contribution in [0.25, 0.3) is 22.3 Å². The second kappa shape index (κ2) is 7.82. The molecule has 0 bridgehead atoms. The molecule has 1 N–H and O–H groups in total. The molecule has 0 aliphatic rings. The number of carbonyl (C=O) groups is 1. The van der Waals surface area contributed by atoms with Crippen molar-refractivity contribution in [2.75, 3.05) is 14.2 Å². The quantitative estimate of drug-likeness (QED) is 0.663. The second-order valence-corrected chi connectivity index (χ2v) is 6.33. The smallest absolute Gasteiger partial charge is 0.344 e. The molecule has 3 rings (SSSR count). The van der Waals surface area contributed by atoms with Gasteiger partial charge in [-0.1, -0.05) is 11.6 Å². The summed E-state index contributed by atoms with van der Waals surface area (Å²) in [4.78, 5) is 24.3. The van der Waals surface area contributed by atoms with Gasteiger partial charge in [-0.05, 0) is 43.3 Å². The first-order valence-corrected chi connectivity index (χ1v) is 8.61. The van der Waals surface area contributed by atoms with Crippen molar-refractivity contribution in [1.29, 1.82) is 0 Å². The third-order valence-corrected chi connectivity index (χ3v) is 4.33. The van der Waals surface area contributed by atoms with Gasteiger partial charge < -0.3 is 23.7 Å². The van der Waals surface area contributed by atoms with E-state index in [4.69, 9.17) is 30.2 Å². The Kier molecular flexibility index (Phi) is 5.46. The van der Waals surface area contributed by atoms with Crippen LogP contribution in [0.2, 0.25) is 5.02 Å². The molecular formula is C20H17ClO7. The molecule has 0 saturated heterocycles. The zero-order chi connectivity index (χ0) is 20.4. The Balaban J connectivity index is 2.29. The molecule has 28 heavy (non-hydrogen) atoms. The van der Waals surface area contributed by atoms with Crippen molar-refractivity contribution in [2.24, 2.45) is 0 Å². The lowest BCUT2D eigenvalue weighted by Crippen LogP contribution is -2.26. The van der Waals surface area contributed by atoms with Crippen LogP contribution in [-0.2, 0) is 4.79 Å². The van der Waals surface area contributed by atoms with E-state index in [1.807, 2.05) is 0 Å². The summed E-state index contributed by atoms with van der Waals surface area (Å²) in [5, 5.41) is 9.72. The van der Waals surface area contributed by atoms with Gasteiger partial charge in [0.1, 0.15) is 5.58 Å². The van der Waals surface area contributed by atoms with Gasteiger partial charge in [-0.2, -0.15) is 0 Å². The van der Waals surface area contributed by atoms with Crippen LogP contribution in [0.1, 0.15) is 6.92 Å². The minimum atomic E-state index is -1.27. The SMILES string of the molecule is COc1ccc(-c2oc3ccc(Cl)cc3c(=O)c2OC(C)C(=O)O)cc1OC. The third-order valence-electron chi connectivity index (χ3n) is 4.10. The van der Waals surface area contributed by atoms with E-state index in [1.54, 1.807) is 30.3 Å². The summed E-state index contributed by atoms with van der Waals surface area (Å²) in [7, 11) is 2.98. The normalized spacial score (nSPS) is 11.9. The summed E-state index contributed by atoms with van der Waals surface area (Å²) in [6.45, 7) is 1.32. The summed E-state index contributed by atoms with van der Waals surface area (Å²) in [6.07, 6.45) is -1.27. The maximum Gasteiger partial charge on any atom is 0.344 e. The Bertz CT molecular complexity index is 1100. The average molecular weight is 405 g/mol. The molecule has 146 valence electrons. The van der Waals surface area contributed by atoms with E-state index in [0.29, 0.717) is 22.1 Å². The van der Waals surface area contributed by atoms with Crippen LogP contribution in [0.3, 0.4) is 0 Å². The van der Waals surface area contributed by atoms with Crippen LogP contribution in [0.5, 0.6) is 17.2 Å². The van der Waals surface area contributed by atoms with Gasteiger partial charge in [0.25, 0.3) is 0 Å². The van der Waals surface area contributed by atoms with Crippen LogP contribution < -0.4 is 19.6 Å². The Morgan fingerprint density at radius 1 is 1.11 bits per heavy atom. The second-order valence-electron chi connectivity index (χ2n) is 5.90. The predicted octanol–water partition coefficient (Wildman–Crippen LogP) is 3.98. The molecule has 3 aromatic rings. The highest BCUT2D eigenvalue weighted by molar-refractivity contribution is 6.31. The minimum Gasteiger partial charge on any atom is -0.493 e. The van der Waals surface area contributed by atoms with Crippen LogP contribution in [0.15, 0.2) is 45.6 Å². The van der Waals surface area contributed by atoms with Crippen molar-refractivity contribution >= 4 is 28.5 Å². The average Bonchev–Trinajstić information content (AvgIpc) is 2.69. The summed E-state index contributed by atoms with van der Waals surface area (Å²) in [5.74, 6) is -0.465. The van der Waals surface area contributed by atoms with Gasteiger partial charge in [0, 0.05) is 10.6 Å². The Morgan fingerprint density at radius 2 is 1.82 bits per heavy atom. The summed E-state index contributed by atoms with van der Waals surface area (Å²) >= 11 is 5.98. The number of halogens is 1. The number of ether oxygens (including phenoxy) is 3. The number of aliphatic carboxylic acids is 1. The van der Waals surface area contributed by atoms with Crippen LogP contribution >= 0.6 is 11.6 Å². The standard InChI is InChI=1S/C20H17ClO7/c1-10(20(23)24)27-19-17(22)13-9-12(21)5-7-14(13)28-18(19)11-4-6-15(25-2)16(8-11)26-3/h4-10H,1-3H3,(H,23,24). The number of hydrogen-bond acceptors (Lipinski definition) is 6. The number of carboxylic acids is 1. The molecule has 1 heterocycles. The first-order chi connectivity index (χ1) is 13.3. The van der Waals surface area contributed by atoms with Crippen molar-refractivity contribution in [2.45, 2.75) is 13.0 Å². The fraction of sp³-hybridized carbons (Fsp3) is 0.200. The highest BCUT2D eigenvalue weighted by Crippen LogP contribution is 2.37. The van der Waals surface area contributed by atoms with Crippen LogP contribution in [0, 0.1) is 0 Å². The van der Waals surface area contributed by atoms with Crippen molar-refractivity contribution < 1.29 is 28.5 Å². The zero-order valence-corrected chi connectivity index (χ0v) is 16.1. The number of carboxylic acid groups (broad SMARTS) is 1. The van der Waals surface area contributed by atoms with Gasteiger partial charge in [-0.25, -0.2) is 4.79 Å². The molecule has 2 aromatic carbocycles. The molecular weight excluding hydrogens is 388 g/mol. The Hall–Kier alpha value is -3.19. The van der Waals surface area contributed by atoms with Crippen molar-refractivity contribution in [3.63, 3.8) is 0 Å². The molecule has 8 heteroatoms. The number of fused-ring (bicyclic) bond motifs is 1. The van der Waals surface area contributed by atoms with Crippen LogP contribution in [0.4, 0.5) is 0 Å². The molecule has 1 atom stereocenters. The highest BCUT2D eigenvalue weighted by Gasteiger charge is 2.23. The van der Waals surface area contributed by atoms with Gasteiger partial charge in [0.05, 0.1) is 19.6 Å². The minimum absolute atomic E-state index is 0.0777. The molecule has 0 spiro atoms. The van der Waals surface area contributed by atoms with Gasteiger partial charge in [-0.15, -0.1) is 0 Å². The van der Waals surface area contributed by atoms with Crippen molar-refractivity contribution in [3.8, 4) is 28.6 Å².